The van der Waals surface area contributed by atoms with Crippen LogP contribution in [0.5, 0.6) is 0 Å². The fourth-order valence-electron chi connectivity index (χ4n) is 2.88. The van der Waals surface area contributed by atoms with Gasteiger partial charge in [-0.3, -0.25) is 9.59 Å². The standard InChI is InChI=1S/C21H21N5O2S5/c27-16(9-14-1-5-30-12-14)11-20-25-23-18(32-20)3-7-29-8-4-19-24-26-21(33-19)22-17(28)10-15-2-6-31-13-15/h1-2,5-6,12-13H,3-4,7-11H2,(H,22,26,28). The number of aryl methyl sites for hydroxylation is 2. The molecule has 0 spiro atoms. The Morgan fingerprint density at radius 1 is 0.788 bits per heavy atom. The number of Topliss-reactive ketones (excluding diaryl/α,β-unsaturated/α-hetero) is 1. The van der Waals surface area contributed by atoms with Crippen molar-refractivity contribution < 1.29 is 9.59 Å². The highest BCUT2D eigenvalue weighted by Gasteiger charge is 2.12. The Kier molecular flexibility index (Phi) is 9.12. The van der Waals surface area contributed by atoms with Crippen LogP contribution in [0.25, 0.3) is 0 Å². The molecule has 4 heterocycles. The van der Waals surface area contributed by atoms with Crippen molar-refractivity contribution >= 4 is 73.9 Å². The van der Waals surface area contributed by atoms with Crippen molar-refractivity contribution in [1.29, 1.82) is 0 Å². The Morgan fingerprint density at radius 2 is 1.42 bits per heavy atom. The summed E-state index contributed by atoms with van der Waals surface area (Å²) in [5.74, 6) is 1.95. The number of amides is 1. The van der Waals surface area contributed by atoms with Gasteiger partial charge in [0.15, 0.2) is 0 Å². The highest BCUT2D eigenvalue weighted by atomic mass is 32.2. The molecular formula is C21H21N5O2S5. The Bertz CT molecular complexity index is 1060. The summed E-state index contributed by atoms with van der Waals surface area (Å²) in [6.07, 6.45) is 2.80. The van der Waals surface area contributed by atoms with Crippen LogP contribution in [0.1, 0.15) is 26.1 Å². The quantitative estimate of drug-likeness (QED) is 0.251. The number of ketones is 1. The van der Waals surface area contributed by atoms with Gasteiger partial charge in [0, 0.05) is 19.3 Å². The van der Waals surface area contributed by atoms with Gasteiger partial charge in [-0.2, -0.15) is 34.4 Å². The normalized spacial score (nSPS) is 11.0. The first-order chi connectivity index (χ1) is 16.1. The molecule has 0 saturated carbocycles. The van der Waals surface area contributed by atoms with Crippen molar-refractivity contribution in [3.8, 4) is 0 Å². The summed E-state index contributed by atoms with van der Waals surface area (Å²) in [6.45, 7) is 0. The number of nitrogens with zero attached hydrogens (tertiary/aromatic N) is 4. The molecule has 0 unspecified atom stereocenters. The number of carbonyl (C=O) groups excluding carboxylic acids is 2. The van der Waals surface area contributed by atoms with Crippen molar-refractivity contribution in [2.75, 3.05) is 16.8 Å². The average Bonchev–Trinajstić information content (AvgIpc) is 3.57. The predicted octanol–water partition coefficient (Wildman–Crippen LogP) is 4.57. The van der Waals surface area contributed by atoms with E-state index in [0.29, 0.717) is 24.4 Å². The van der Waals surface area contributed by atoms with Crippen LogP contribution in [0, 0.1) is 0 Å². The van der Waals surface area contributed by atoms with Gasteiger partial charge in [-0.05, 0) is 56.3 Å². The molecule has 0 radical (unpaired) electrons. The lowest BCUT2D eigenvalue weighted by Crippen LogP contribution is -2.13. The van der Waals surface area contributed by atoms with E-state index >= 15 is 0 Å². The van der Waals surface area contributed by atoms with E-state index in [-0.39, 0.29) is 11.7 Å². The number of carbonyl (C=O) groups is 2. The predicted molar refractivity (Wildman–Crippen MR) is 138 cm³/mol. The van der Waals surface area contributed by atoms with Gasteiger partial charge in [0.05, 0.1) is 12.8 Å². The molecule has 4 aromatic heterocycles. The zero-order valence-corrected chi connectivity index (χ0v) is 21.6. The Labute approximate surface area is 211 Å². The van der Waals surface area contributed by atoms with Gasteiger partial charge < -0.3 is 5.32 Å². The molecule has 1 N–H and O–H groups in total. The van der Waals surface area contributed by atoms with E-state index in [1.807, 2.05) is 45.4 Å². The van der Waals surface area contributed by atoms with Gasteiger partial charge in [0.1, 0.15) is 20.8 Å². The van der Waals surface area contributed by atoms with E-state index < -0.39 is 0 Å². The second kappa shape index (κ2) is 12.5. The minimum absolute atomic E-state index is 0.0740. The maximum absolute atomic E-state index is 12.2. The molecule has 0 aliphatic rings. The fraction of sp³-hybridized carbons (Fsp3) is 0.333. The lowest BCUT2D eigenvalue weighted by atomic mass is 10.1. The molecule has 4 aromatic rings. The van der Waals surface area contributed by atoms with E-state index in [9.17, 15) is 9.59 Å². The number of anilines is 1. The molecule has 7 nitrogen and oxygen atoms in total. The molecule has 1 amide bonds. The summed E-state index contributed by atoms with van der Waals surface area (Å²) >= 11 is 7.95. The summed E-state index contributed by atoms with van der Waals surface area (Å²) in [5.41, 5.74) is 2.07. The Balaban J connectivity index is 1.11. The van der Waals surface area contributed by atoms with Gasteiger partial charge >= 0.3 is 0 Å². The van der Waals surface area contributed by atoms with E-state index in [2.05, 4.69) is 25.7 Å². The van der Waals surface area contributed by atoms with Crippen molar-refractivity contribution in [2.45, 2.75) is 32.1 Å². The minimum Gasteiger partial charge on any atom is -0.300 e. The summed E-state index contributed by atoms with van der Waals surface area (Å²) in [4.78, 5) is 24.2. The van der Waals surface area contributed by atoms with Gasteiger partial charge in [-0.1, -0.05) is 11.3 Å². The smallest absolute Gasteiger partial charge is 0.230 e. The van der Waals surface area contributed by atoms with Crippen LogP contribution in [0.3, 0.4) is 0 Å². The van der Waals surface area contributed by atoms with E-state index in [1.54, 1.807) is 22.7 Å². The van der Waals surface area contributed by atoms with Crippen molar-refractivity contribution in [2.24, 2.45) is 0 Å². The number of nitrogens with one attached hydrogen (secondary N) is 1. The number of hydrogen-bond acceptors (Lipinski definition) is 11. The summed E-state index contributed by atoms with van der Waals surface area (Å²) in [7, 11) is 0. The van der Waals surface area contributed by atoms with Gasteiger partial charge in [0.2, 0.25) is 11.0 Å². The monoisotopic (exact) mass is 535 g/mol. The first kappa shape index (κ1) is 24.1. The fourth-order valence-corrected chi connectivity index (χ4v) is 6.98. The second-order valence-electron chi connectivity index (χ2n) is 7.08. The highest BCUT2D eigenvalue weighted by Crippen LogP contribution is 2.19. The lowest BCUT2D eigenvalue weighted by molar-refractivity contribution is -0.118. The number of rotatable bonds is 13. The molecular weight excluding hydrogens is 515 g/mol. The average molecular weight is 536 g/mol. The Morgan fingerprint density at radius 3 is 2.12 bits per heavy atom. The molecule has 12 heteroatoms. The van der Waals surface area contributed by atoms with Gasteiger partial charge in [-0.25, -0.2) is 0 Å². The van der Waals surface area contributed by atoms with Gasteiger partial charge in [0.25, 0.3) is 0 Å². The first-order valence-corrected chi connectivity index (χ1v) is 14.9. The molecule has 0 atom stereocenters. The van der Waals surface area contributed by atoms with Crippen molar-refractivity contribution in [1.82, 2.24) is 20.4 Å². The SMILES string of the molecule is O=C(Cc1ccsc1)Cc1nnc(CCSCCc2nnc(NC(=O)Cc3ccsc3)s2)s1. The van der Waals surface area contributed by atoms with Crippen LogP contribution in [-0.2, 0) is 41.7 Å². The molecule has 0 aliphatic heterocycles. The van der Waals surface area contributed by atoms with Crippen LogP contribution in [0.2, 0.25) is 0 Å². The third kappa shape index (κ3) is 8.07. The van der Waals surface area contributed by atoms with Crippen LogP contribution < -0.4 is 5.32 Å². The summed E-state index contributed by atoms with van der Waals surface area (Å²) in [5, 5.41) is 30.6. The summed E-state index contributed by atoms with van der Waals surface area (Å²) in [6, 6.07) is 3.93. The number of thiophene rings is 2. The topological polar surface area (TPSA) is 97.7 Å². The van der Waals surface area contributed by atoms with Gasteiger partial charge in [-0.15, -0.1) is 31.7 Å². The largest absolute Gasteiger partial charge is 0.300 e. The lowest BCUT2D eigenvalue weighted by Gasteiger charge is -1.99. The first-order valence-electron chi connectivity index (χ1n) is 10.2. The third-order valence-corrected chi connectivity index (χ3v) is 8.75. The molecule has 0 saturated heterocycles. The third-order valence-electron chi connectivity index (χ3n) is 4.42. The molecule has 0 aliphatic carbocycles. The minimum atomic E-state index is -0.0740. The van der Waals surface area contributed by atoms with E-state index in [1.165, 1.54) is 22.7 Å². The maximum atomic E-state index is 12.2. The molecule has 4 rings (SSSR count). The highest BCUT2D eigenvalue weighted by molar-refractivity contribution is 7.99. The van der Waals surface area contributed by atoms with E-state index in [4.69, 9.17) is 0 Å². The number of aromatic nitrogens is 4. The molecule has 0 aromatic carbocycles. The maximum Gasteiger partial charge on any atom is 0.230 e. The van der Waals surface area contributed by atoms with Crippen LogP contribution >= 0.6 is 57.1 Å². The van der Waals surface area contributed by atoms with Crippen LogP contribution in [0.15, 0.2) is 33.7 Å². The van der Waals surface area contributed by atoms with Crippen LogP contribution in [0.4, 0.5) is 5.13 Å². The Hall–Kier alpha value is -1.99. The zero-order chi connectivity index (χ0) is 22.9. The second-order valence-corrected chi connectivity index (χ2v) is 12.1. The zero-order valence-electron chi connectivity index (χ0n) is 17.6. The van der Waals surface area contributed by atoms with Crippen LogP contribution in [-0.4, -0.2) is 43.6 Å². The molecule has 0 bridgehead atoms. The number of thioether (sulfide) groups is 1. The van der Waals surface area contributed by atoms with Crippen molar-refractivity contribution in [3.63, 3.8) is 0 Å². The number of hydrogen-bond donors (Lipinski definition) is 1. The van der Waals surface area contributed by atoms with E-state index in [0.717, 1.165) is 50.5 Å². The van der Waals surface area contributed by atoms with Crippen molar-refractivity contribution in [3.05, 3.63) is 59.8 Å². The molecule has 33 heavy (non-hydrogen) atoms. The summed E-state index contributed by atoms with van der Waals surface area (Å²) < 4.78 is 0. The molecule has 172 valence electrons. The molecule has 0 fully saturated rings.